The van der Waals surface area contributed by atoms with E-state index in [1.165, 1.54) is 11.6 Å². The zero-order valence-corrected chi connectivity index (χ0v) is 24.5. The molecule has 2 aromatic heterocycles. The molecular formula is C31H34N6O6. The molecule has 5 rings (SSSR count). The number of methoxy groups -OCH3 is 2. The molecule has 12 heteroatoms. The summed E-state index contributed by atoms with van der Waals surface area (Å²) < 4.78 is 17.8. The van der Waals surface area contributed by atoms with Crippen LogP contribution in [-0.4, -0.2) is 83.8 Å². The summed E-state index contributed by atoms with van der Waals surface area (Å²) in [5.41, 5.74) is 2.71. The average molecular weight is 587 g/mol. The van der Waals surface area contributed by atoms with Crippen LogP contribution in [0.3, 0.4) is 0 Å². The highest BCUT2D eigenvalue weighted by molar-refractivity contribution is 6.07. The Morgan fingerprint density at radius 2 is 1.72 bits per heavy atom. The van der Waals surface area contributed by atoms with E-state index in [9.17, 15) is 14.4 Å². The van der Waals surface area contributed by atoms with Gasteiger partial charge >= 0.3 is 0 Å². The summed E-state index contributed by atoms with van der Waals surface area (Å²) in [5, 5.41) is 10.2. The van der Waals surface area contributed by atoms with Crippen molar-refractivity contribution in [3.05, 3.63) is 72.2 Å². The number of morpholine rings is 1. The molecule has 0 bridgehead atoms. The van der Waals surface area contributed by atoms with E-state index in [1.807, 2.05) is 19.9 Å². The van der Waals surface area contributed by atoms with Gasteiger partial charge in [0.2, 0.25) is 5.91 Å². The summed E-state index contributed by atoms with van der Waals surface area (Å²) in [6, 6.07) is 12.9. The van der Waals surface area contributed by atoms with Crippen molar-refractivity contribution in [2.24, 2.45) is 5.92 Å². The molecule has 0 radical (unpaired) electrons. The molecule has 12 nitrogen and oxygen atoms in total. The molecule has 1 atom stereocenters. The van der Waals surface area contributed by atoms with Gasteiger partial charge in [-0.3, -0.25) is 14.4 Å². The van der Waals surface area contributed by atoms with Crippen molar-refractivity contribution in [3.63, 3.8) is 0 Å². The largest absolute Gasteiger partial charge is 0.493 e. The van der Waals surface area contributed by atoms with Crippen molar-refractivity contribution >= 4 is 29.1 Å². The lowest BCUT2D eigenvalue weighted by Gasteiger charge is -2.32. The molecular weight excluding hydrogens is 552 g/mol. The molecule has 224 valence electrons. The summed E-state index contributed by atoms with van der Waals surface area (Å²) in [7, 11) is 3.07. The Balaban J connectivity index is 1.47. The maximum atomic E-state index is 13.5. The number of carbonyl (C=O) groups excluding carboxylic acids is 3. The van der Waals surface area contributed by atoms with Gasteiger partial charge in [0.05, 0.1) is 27.4 Å². The van der Waals surface area contributed by atoms with Crippen molar-refractivity contribution in [3.8, 4) is 22.6 Å². The van der Waals surface area contributed by atoms with Crippen LogP contribution >= 0.6 is 0 Å². The van der Waals surface area contributed by atoms with E-state index in [4.69, 9.17) is 14.2 Å². The monoisotopic (exact) mass is 586 g/mol. The van der Waals surface area contributed by atoms with Crippen molar-refractivity contribution in [2.45, 2.75) is 19.9 Å². The van der Waals surface area contributed by atoms with Crippen LogP contribution < -0.4 is 20.1 Å². The number of nitrogens with zero attached hydrogens (tertiary/aromatic N) is 4. The van der Waals surface area contributed by atoms with Gasteiger partial charge in [-0.1, -0.05) is 19.9 Å². The van der Waals surface area contributed by atoms with Gasteiger partial charge in [-0.15, -0.1) is 0 Å². The van der Waals surface area contributed by atoms with Crippen molar-refractivity contribution in [2.75, 3.05) is 45.8 Å². The third kappa shape index (κ3) is 6.44. The van der Waals surface area contributed by atoms with Crippen LogP contribution in [0.2, 0.25) is 0 Å². The second-order valence-electron chi connectivity index (χ2n) is 10.4. The number of anilines is 1. The van der Waals surface area contributed by atoms with E-state index in [0.717, 1.165) is 0 Å². The number of fused-ring (bicyclic) bond motifs is 1. The van der Waals surface area contributed by atoms with E-state index in [-0.39, 0.29) is 17.5 Å². The third-order valence-electron chi connectivity index (χ3n) is 7.24. The lowest BCUT2D eigenvalue weighted by atomic mass is 9.98. The average Bonchev–Trinajstić information content (AvgIpc) is 3.48. The van der Waals surface area contributed by atoms with Crippen LogP contribution in [0.4, 0.5) is 5.69 Å². The van der Waals surface area contributed by atoms with Crippen LogP contribution in [0.5, 0.6) is 11.5 Å². The Hall–Kier alpha value is -4.97. The highest BCUT2D eigenvalue weighted by Crippen LogP contribution is 2.36. The van der Waals surface area contributed by atoms with Gasteiger partial charge < -0.3 is 29.7 Å². The first kappa shape index (κ1) is 29.5. The standard InChI is InChI=1S/C31H34N6O6/c1-19(2)28(31(40)36-12-14-43-15-13-36)34-29(38)21-6-8-23(22(16-21)20-7-9-25(41-3)26(17-20)42-4)33-30(39)24-18-27-32-10-5-11-37(27)35-24/h5-11,16-19,28H,12-15H2,1-4H3,(H,33,39)(H,34,38)/t28-/m0/s1. The number of ether oxygens (including phenoxy) is 3. The summed E-state index contributed by atoms with van der Waals surface area (Å²) in [5.74, 6) is -0.119. The van der Waals surface area contributed by atoms with Gasteiger partial charge in [0.15, 0.2) is 22.8 Å². The Kier molecular flexibility index (Phi) is 8.86. The molecule has 4 aromatic rings. The number of amides is 3. The SMILES string of the molecule is COc1ccc(-c2cc(C(=O)N[C@H](C(=O)N3CCOCC3)C(C)C)ccc2NC(=O)c2cc3ncccn3n2)cc1OC. The van der Waals surface area contributed by atoms with Crippen molar-refractivity contribution < 1.29 is 28.6 Å². The van der Waals surface area contributed by atoms with Crippen molar-refractivity contribution in [1.82, 2.24) is 24.8 Å². The van der Waals surface area contributed by atoms with Gasteiger partial charge in [-0.05, 0) is 47.9 Å². The maximum Gasteiger partial charge on any atom is 0.276 e. The van der Waals surface area contributed by atoms with Gasteiger partial charge in [-0.2, -0.15) is 5.10 Å². The number of hydrogen-bond donors (Lipinski definition) is 2. The second-order valence-corrected chi connectivity index (χ2v) is 10.4. The van der Waals surface area contributed by atoms with Gasteiger partial charge in [-0.25, -0.2) is 9.50 Å². The number of carbonyl (C=O) groups is 3. The molecule has 1 fully saturated rings. The second kappa shape index (κ2) is 12.9. The topological polar surface area (TPSA) is 136 Å². The van der Waals surface area contributed by atoms with Crippen LogP contribution in [-0.2, 0) is 9.53 Å². The molecule has 1 aliphatic rings. The molecule has 0 saturated carbocycles. The van der Waals surface area contributed by atoms with E-state index in [2.05, 4.69) is 20.7 Å². The first-order valence-corrected chi connectivity index (χ1v) is 13.9. The Labute approximate surface area is 248 Å². The molecule has 0 unspecified atom stereocenters. The van der Waals surface area contributed by atoms with Crippen LogP contribution in [0.25, 0.3) is 16.8 Å². The summed E-state index contributed by atoms with van der Waals surface area (Å²) in [6.45, 7) is 5.70. The minimum Gasteiger partial charge on any atom is -0.493 e. The minimum absolute atomic E-state index is 0.136. The Morgan fingerprint density at radius 1 is 0.953 bits per heavy atom. The molecule has 1 saturated heterocycles. The van der Waals surface area contributed by atoms with E-state index in [0.29, 0.717) is 65.8 Å². The molecule has 0 spiro atoms. The minimum atomic E-state index is -0.710. The van der Waals surface area contributed by atoms with Gasteiger partial charge in [0, 0.05) is 48.4 Å². The highest BCUT2D eigenvalue weighted by Gasteiger charge is 2.30. The first-order valence-electron chi connectivity index (χ1n) is 13.9. The first-order chi connectivity index (χ1) is 20.8. The number of aromatic nitrogens is 3. The summed E-state index contributed by atoms with van der Waals surface area (Å²) in [6.07, 6.45) is 3.33. The quantitative estimate of drug-likeness (QED) is 0.305. The number of nitrogens with one attached hydrogen (secondary N) is 2. The zero-order chi connectivity index (χ0) is 30.5. The normalized spacial score (nSPS) is 13.9. The van der Waals surface area contributed by atoms with Gasteiger partial charge in [0.25, 0.3) is 11.8 Å². The molecule has 3 amide bonds. The lowest BCUT2D eigenvalue weighted by molar-refractivity contribution is -0.138. The number of rotatable bonds is 9. The zero-order valence-electron chi connectivity index (χ0n) is 24.5. The molecule has 3 heterocycles. The Morgan fingerprint density at radius 3 is 2.42 bits per heavy atom. The fourth-order valence-corrected chi connectivity index (χ4v) is 4.88. The molecule has 43 heavy (non-hydrogen) atoms. The highest BCUT2D eigenvalue weighted by atomic mass is 16.5. The molecule has 2 N–H and O–H groups in total. The number of benzene rings is 2. The fraction of sp³-hybridized carbons (Fsp3) is 0.323. The molecule has 2 aromatic carbocycles. The van der Waals surface area contributed by atoms with Crippen LogP contribution in [0.1, 0.15) is 34.7 Å². The maximum absolute atomic E-state index is 13.5. The Bertz CT molecular complexity index is 1610. The van der Waals surface area contributed by atoms with Crippen LogP contribution in [0, 0.1) is 5.92 Å². The number of hydrogen-bond acceptors (Lipinski definition) is 8. The predicted octanol–water partition coefficient (Wildman–Crippen LogP) is 3.28. The summed E-state index contributed by atoms with van der Waals surface area (Å²) in [4.78, 5) is 46.0. The van der Waals surface area contributed by atoms with Gasteiger partial charge in [0.1, 0.15) is 6.04 Å². The predicted molar refractivity (Wildman–Crippen MR) is 159 cm³/mol. The smallest absolute Gasteiger partial charge is 0.276 e. The lowest BCUT2D eigenvalue weighted by Crippen LogP contribution is -2.53. The third-order valence-corrected chi connectivity index (χ3v) is 7.24. The summed E-state index contributed by atoms with van der Waals surface area (Å²) >= 11 is 0. The van der Waals surface area contributed by atoms with E-state index >= 15 is 0 Å². The van der Waals surface area contributed by atoms with Crippen LogP contribution in [0.15, 0.2) is 60.9 Å². The fourth-order valence-electron chi connectivity index (χ4n) is 4.88. The molecule has 0 aliphatic carbocycles. The van der Waals surface area contributed by atoms with E-state index in [1.54, 1.807) is 66.9 Å². The molecule has 1 aliphatic heterocycles. The van der Waals surface area contributed by atoms with E-state index < -0.39 is 17.9 Å². The van der Waals surface area contributed by atoms with Crippen molar-refractivity contribution in [1.29, 1.82) is 0 Å².